The van der Waals surface area contributed by atoms with E-state index < -0.39 is 0 Å². The number of hydrogen-bond donors (Lipinski definition) is 2. The van der Waals surface area contributed by atoms with Gasteiger partial charge in [-0.3, -0.25) is 9.78 Å². The molecule has 0 aliphatic rings. The van der Waals surface area contributed by atoms with Crippen molar-refractivity contribution in [3.8, 4) is 0 Å². The van der Waals surface area contributed by atoms with Crippen LogP contribution in [0.5, 0.6) is 0 Å². The summed E-state index contributed by atoms with van der Waals surface area (Å²) >= 11 is 0. The van der Waals surface area contributed by atoms with Gasteiger partial charge in [0.05, 0.1) is 6.04 Å². The Morgan fingerprint density at radius 1 is 1.24 bits per heavy atom. The Balaban J connectivity index is 2.08. The molecule has 0 saturated carbocycles. The monoisotopic (exact) mass is 283 g/mol. The normalized spacial score (nSPS) is 11.8. The fraction of sp³-hybridized carbons (Fsp3) is 0.294. The van der Waals surface area contributed by atoms with Gasteiger partial charge in [0.1, 0.15) is 0 Å². The second-order valence-electron chi connectivity index (χ2n) is 5.04. The number of carbonyl (C=O) groups excluding carboxylic acids is 1. The molecule has 0 spiro atoms. The number of hydrogen-bond acceptors (Lipinski definition) is 3. The van der Waals surface area contributed by atoms with Crippen LogP contribution in [-0.4, -0.2) is 17.4 Å². The van der Waals surface area contributed by atoms with Crippen LogP contribution in [0.4, 0.5) is 5.69 Å². The SMILES string of the molecule is CCNc1ccc(C(=O)NC(C)c2ccncc2)cc1C. The maximum Gasteiger partial charge on any atom is 0.251 e. The van der Waals surface area contributed by atoms with Crippen molar-refractivity contribution >= 4 is 11.6 Å². The molecule has 1 atom stereocenters. The molecular formula is C17H21N3O. The van der Waals surface area contributed by atoms with Crippen molar-refractivity contribution in [2.24, 2.45) is 0 Å². The molecule has 0 radical (unpaired) electrons. The van der Waals surface area contributed by atoms with E-state index >= 15 is 0 Å². The van der Waals surface area contributed by atoms with Crippen LogP contribution in [0.3, 0.4) is 0 Å². The highest BCUT2D eigenvalue weighted by Gasteiger charge is 2.12. The van der Waals surface area contributed by atoms with Crippen molar-refractivity contribution in [1.82, 2.24) is 10.3 Å². The molecule has 0 aliphatic heterocycles. The largest absolute Gasteiger partial charge is 0.385 e. The van der Waals surface area contributed by atoms with Gasteiger partial charge in [0.15, 0.2) is 0 Å². The zero-order valence-electron chi connectivity index (χ0n) is 12.7. The molecular weight excluding hydrogens is 262 g/mol. The van der Waals surface area contributed by atoms with E-state index in [4.69, 9.17) is 0 Å². The molecule has 2 N–H and O–H groups in total. The molecule has 1 aromatic heterocycles. The van der Waals surface area contributed by atoms with Gasteiger partial charge >= 0.3 is 0 Å². The van der Waals surface area contributed by atoms with Crippen LogP contribution in [-0.2, 0) is 0 Å². The number of nitrogens with one attached hydrogen (secondary N) is 2. The number of carbonyl (C=O) groups is 1. The lowest BCUT2D eigenvalue weighted by Gasteiger charge is -2.15. The maximum atomic E-state index is 12.3. The molecule has 21 heavy (non-hydrogen) atoms. The highest BCUT2D eigenvalue weighted by molar-refractivity contribution is 5.95. The summed E-state index contributed by atoms with van der Waals surface area (Å²) in [6, 6.07) is 9.47. The summed E-state index contributed by atoms with van der Waals surface area (Å²) in [6.45, 7) is 6.89. The Bertz CT molecular complexity index is 611. The molecule has 0 saturated heterocycles. The number of benzene rings is 1. The fourth-order valence-electron chi connectivity index (χ4n) is 2.21. The van der Waals surface area contributed by atoms with Gasteiger partial charge in [-0.1, -0.05) is 0 Å². The number of aromatic nitrogens is 1. The Labute approximate surface area is 125 Å². The third kappa shape index (κ3) is 3.81. The fourth-order valence-corrected chi connectivity index (χ4v) is 2.21. The quantitative estimate of drug-likeness (QED) is 0.885. The maximum absolute atomic E-state index is 12.3. The minimum atomic E-state index is -0.0644. The smallest absolute Gasteiger partial charge is 0.251 e. The molecule has 1 heterocycles. The lowest BCUT2D eigenvalue weighted by Crippen LogP contribution is -2.26. The van der Waals surface area contributed by atoms with Crippen LogP contribution in [0.1, 0.15) is 41.4 Å². The van der Waals surface area contributed by atoms with Gasteiger partial charge in [-0.15, -0.1) is 0 Å². The minimum Gasteiger partial charge on any atom is -0.385 e. The first-order valence-corrected chi connectivity index (χ1v) is 7.17. The molecule has 2 aromatic rings. The van der Waals surface area contributed by atoms with E-state index in [2.05, 4.69) is 22.5 Å². The second-order valence-corrected chi connectivity index (χ2v) is 5.04. The third-order valence-corrected chi connectivity index (χ3v) is 3.41. The summed E-state index contributed by atoms with van der Waals surface area (Å²) in [5.74, 6) is -0.0644. The average molecular weight is 283 g/mol. The summed E-state index contributed by atoms with van der Waals surface area (Å²) in [5, 5.41) is 6.27. The zero-order valence-corrected chi connectivity index (χ0v) is 12.7. The standard InChI is InChI=1S/C17H21N3O/c1-4-19-16-6-5-15(11-12(16)2)17(21)20-13(3)14-7-9-18-10-8-14/h5-11,13,19H,4H2,1-3H3,(H,20,21). The Hall–Kier alpha value is -2.36. The number of rotatable bonds is 5. The molecule has 0 aliphatic carbocycles. The number of nitrogens with zero attached hydrogens (tertiary/aromatic N) is 1. The number of anilines is 1. The molecule has 110 valence electrons. The molecule has 1 amide bonds. The van der Waals surface area contributed by atoms with E-state index in [1.807, 2.05) is 44.2 Å². The molecule has 1 unspecified atom stereocenters. The summed E-state index contributed by atoms with van der Waals surface area (Å²) < 4.78 is 0. The van der Waals surface area contributed by atoms with Crippen molar-refractivity contribution in [2.45, 2.75) is 26.8 Å². The number of aryl methyl sites for hydroxylation is 1. The van der Waals surface area contributed by atoms with Gasteiger partial charge in [-0.2, -0.15) is 0 Å². The first-order chi connectivity index (χ1) is 10.1. The van der Waals surface area contributed by atoms with Crippen LogP contribution in [0, 0.1) is 6.92 Å². The first kappa shape index (κ1) is 15.0. The van der Waals surface area contributed by atoms with E-state index in [1.54, 1.807) is 12.4 Å². The lowest BCUT2D eigenvalue weighted by molar-refractivity contribution is 0.0940. The lowest BCUT2D eigenvalue weighted by atomic mass is 10.1. The van der Waals surface area contributed by atoms with Gasteiger partial charge < -0.3 is 10.6 Å². The van der Waals surface area contributed by atoms with Gasteiger partial charge in [-0.25, -0.2) is 0 Å². The summed E-state index contributed by atoms with van der Waals surface area (Å²) in [7, 11) is 0. The van der Waals surface area contributed by atoms with Crippen molar-refractivity contribution in [2.75, 3.05) is 11.9 Å². The Morgan fingerprint density at radius 2 is 1.95 bits per heavy atom. The predicted octanol–water partition coefficient (Wildman–Crippen LogP) is 3.31. The van der Waals surface area contributed by atoms with Gasteiger partial charge in [0, 0.05) is 30.2 Å². The topological polar surface area (TPSA) is 54.0 Å². The highest BCUT2D eigenvalue weighted by Crippen LogP contribution is 2.17. The third-order valence-electron chi connectivity index (χ3n) is 3.41. The number of amides is 1. The van der Waals surface area contributed by atoms with E-state index in [0.717, 1.165) is 23.4 Å². The second kappa shape index (κ2) is 6.88. The average Bonchev–Trinajstić information content (AvgIpc) is 2.50. The van der Waals surface area contributed by atoms with E-state index in [-0.39, 0.29) is 11.9 Å². The van der Waals surface area contributed by atoms with Crippen molar-refractivity contribution in [3.63, 3.8) is 0 Å². The van der Waals surface area contributed by atoms with Gasteiger partial charge in [0.25, 0.3) is 5.91 Å². The zero-order chi connectivity index (χ0) is 15.2. The van der Waals surface area contributed by atoms with Gasteiger partial charge in [0.2, 0.25) is 0 Å². The van der Waals surface area contributed by atoms with Crippen LogP contribution in [0.25, 0.3) is 0 Å². The Kier molecular flexibility index (Phi) is 4.93. The highest BCUT2D eigenvalue weighted by atomic mass is 16.1. The van der Waals surface area contributed by atoms with Crippen LogP contribution < -0.4 is 10.6 Å². The first-order valence-electron chi connectivity index (χ1n) is 7.17. The van der Waals surface area contributed by atoms with Crippen molar-refractivity contribution in [3.05, 3.63) is 59.4 Å². The van der Waals surface area contributed by atoms with Crippen molar-refractivity contribution in [1.29, 1.82) is 0 Å². The van der Waals surface area contributed by atoms with Crippen LogP contribution >= 0.6 is 0 Å². The molecule has 4 heteroatoms. The van der Waals surface area contributed by atoms with E-state index in [9.17, 15) is 4.79 Å². The molecule has 0 fully saturated rings. The predicted molar refractivity (Wildman–Crippen MR) is 85.5 cm³/mol. The summed E-state index contributed by atoms with van der Waals surface area (Å²) in [6.07, 6.45) is 3.46. The van der Waals surface area contributed by atoms with Gasteiger partial charge in [-0.05, 0) is 62.2 Å². The summed E-state index contributed by atoms with van der Waals surface area (Å²) in [4.78, 5) is 16.3. The minimum absolute atomic E-state index is 0.0470. The Morgan fingerprint density at radius 3 is 2.57 bits per heavy atom. The molecule has 2 rings (SSSR count). The van der Waals surface area contributed by atoms with Crippen LogP contribution in [0.2, 0.25) is 0 Å². The molecule has 0 bridgehead atoms. The van der Waals surface area contributed by atoms with E-state index in [0.29, 0.717) is 5.56 Å². The van der Waals surface area contributed by atoms with E-state index in [1.165, 1.54) is 0 Å². The van der Waals surface area contributed by atoms with Crippen LogP contribution in [0.15, 0.2) is 42.7 Å². The van der Waals surface area contributed by atoms with Crippen molar-refractivity contribution < 1.29 is 4.79 Å². The molecule has 4 nitrogen and oxygen atoms in total. The number of pyridine rings is 1. The summed E-state index contributed by atoms with van der Waals surface area (Å²) in [5.41, 5.74) is 3.85. The molecule has 1 aromatic carbocycles.